The molecule has 0 bridgehead atoms. The highest BCUT2D eigenvalue weighted by Gasteiger charge is 2.15. The number of rotatable bonds is 4. The molecule has 0 atom stereocenters. The number of fused-ring (bicyclic) bond motifs is 1. The number of hydrogen-bond acceptors (Lipinski definition) is 4. The Bertz CT molecular complexity index is 602. The third-order valence-electron chi connectivity index (χ3n) is 3.62. The number of hydrogen-bond donors (Lipinski definition) is 2. The Morgan fingerprint density at radius 3 is 2.89 bits per heavy atom. The first-order valence-electron chi connectivity index (χ1n) is 6.54. The van der Waals surface area contributed by atoms with Crippen molar-refractivity contribution in [2.75, 3.05) is 0 Å². The van der Waals surface area contributed by atoms with Crippen molar-refractivity contribution in [3.8, 4) is 0 Å². The number of nitrogens with zero attached hydrogens (tertiary/aromatic N) is 3. The molecule has 1 fully saturated rings. The predicted molar refractivity (Wildman–Crippen MR) is 69.0 cm³/mol. The molecule has 0 amide bonds. The number of nitrogens with one attached hydrogen (secondary N) is 1. The van der Waals surface area contributed by atoms with E-state index in [1.807, 2.05) is 0 Å². The predicted octanol–water partition coefficient (Wildman–Crippen LogP) is 1.46. The minimum Gasteiger partial charge on any atom is -0.478 e. The summed E-state index contributed by atoms with van der Waals surface area (Å²) in [7, 11) is 0. The molecule has 6 heteroatoms. The Morgan fingerprint density at radius 2 is 2.16 bits per heavy atom. The molecule has 2 N–H and O–H groups in total. The van der Waals surface area contributed by atoms with Crippen molar-refractivity contribution in [2.45, 2.75) is 38.3 Å². The fourth-order valence-corrected chi connectivity index (χ4v) is 2.55. The van der Waals surface area contributed by atoms with Gasteiger partial charge in [-0.05, 0) is 25.0 Å². The molecule has 100 valence electrons. The van der Waals surface area contributed by atoms with E-state index >= 15 is 0 Å². The maximum Gasteiger partial charge on any atom is 0.337 e. The Morgan fingerprint density at radius 1 is 1.37 bits per heavy atom. The largest absolute Gasteiger partial charge is 0.478 e. The highest BCUT2D eigenvalue weighted by atomic mass is 16.4. The van der Waals surface area contributed by atoms with Crippen LogP contribution in [0.4, 0.5) is 0 Å². The van der Waals surface area contributed by atoms with E-state index < -0.39 is 5.97 Å². The fraction of sp³-hybridized carbons (Fsp3) is 0.462. The summed E-state index contributed by atoms with van der Waals surface area (Å²) in [5.41, 5.74) is 0.919. The van der Waals surface area contributed by atoms with E-state index in [2.05, 4.69) is 15.5 Å². The van der Waals surface area contributed by atoms with Crippen LogP contribution in [0.5, 0.6) is 0 Å². The standard InChI is InChI=1S/C13H16N4O2/c18-13(19)9-5-6-11-15-16-12(17(11)8-9)7-14-10-3-1-2-4-10/h5-6,8,10,14H,1-4,7H2,(H,18,19). The quantitative estimate of drug-likeness (QED) is 0.870. The Balaban J connectivity index is 1.81. The van der Waals surface area contributed by atoms with E-state index in [0.29, 0.717) is 18.2 Å². The van der Waals surface area contributed by atoms with Gasteiger partial charge in [-0.2, -0.15) is 0 Å². The van der Waals surface area contributed by atoms with Crippen LogP contribution in [0.3, 0.4) is 0 Å². The summed E-state index contributed by atoms with van der Waals surface area (Å²) < 4.78 is 1.74. The molecule has 6 nitrogen and oxygen atoms in total. The van der Waals surface area contributed by atoms with Gasteiger partial charge in [0.15, 0.2) is 11.5 Å². The zero-order chi connectivity index (χ0) is 13.2. The third kappa shape index (κ3) is 2.44. The summed E-state index contributed by atoms with van der Waals surface area (Å²) in [6.45, 7) is 0.620. The molecule has 2 heterocycles. The number of aromatic nitrogens is 3. The van der Waals surface area contributed by atoms with E-state index in [-0.39, 0.29) is 5.56 Å². The molecular formula is C13H16N4O2. The summed E-state index contributed by atoms with van der Waals surface area (Å²) in [5, 5.41) is 20.6. The van der Waals surface area contributed by atoms with Crippen LogP contribution in [0.1, 0.15) is 41.9 Å². The Kier molecular flexibility index (Phi) is 3.16. The van der Waals surface area contributed by atoms with Gasteiger partial charge in [-0.3, -0.25) is 4.40 Å². The van der Waals surface area contributed by atoms with Gasteiger partial charge in [-0.25, -0.2) is 4.79 Å². The summed E-state index contributed by atoms with van der Waals surface area (Å²) in [5.74, 6) is -0.185. The molecule has 0 aliphatic heterocycles. The molecule has 1 aliphatic carbocycles. The van der Waals surface area contributed by atoms with E-state index in [1.165, 1.54) is 25.7 Å². The summed E-state index contributed by atoms with van der Waals surface area (Å²) >= 11 is 0. The van der Waals surface area contributed by atoms with Gasteiger partial charge in [0.1, 0.15) is 0 Å². The van der Waals surface area contributed by atoms with Crippen LogP contribution >= 0.6 is 0 Å². The lowest BCUT2D eigenvalue weighted by atomic mass is 10.2. The molecule has 0 aromatic carbocycles. The summed E-state index contributed by atoms with van der Waals surface area (Å²) in [4.78, 5) is 11.0. The summed E-state index contributed by atoms with van der Waals surface area (Å²) in [6, 6.07) is 3.77. The van der Waals surface area contributed by atoms with Gasteiger partial charge in [0.2, 0.25) is 0 Å². The summed E-state index contributed by atoms with van der Waals surface area (Å²) in [6.07, 6.45) is 6.54. The maximum absolute atomic E-state index is 11.0. The molecule has 3 rings (SSSR count). The second kappa shape index (κ2) is 4.97. The third-order valence-corrected chi connectivity index (χ3v) is 3.62. The van der Waals surface area contributed by atoms with Crippen LogP contribution < -0.4 is 5.32 Å². The molecule has 0 spiro atoms. The topological polar surface area (TPSA) is 79.5 Å². The highest BCUT2D eigenvalue weighted by molar-refractivity contribution is 5.87. The van der Waals surface area contributed by atoms with Crippen LogP contribution in [-0.4, -0.2) is 31.7 Å². The van der Waals surface area contributed by atoms with Gasteiger partial charge in [-0.15, -0.1) is 10.2 Å². The van der Waals surface area contributed by atoms with Crippen molar-refractivity contribution < 1.29 is 9.90 Å². The number of carbonyl (C=O) groups is 1. The maximum atomic E-state index is 11.0. The van der Waals surface area contributed by atoms with Crippen molar-refractivity contribution in [3.63, 3.8) is 0 Å². The molecule has 2 aromatic rings. The zero-order valence-corrected chi connectivity index (χ0v) is 10.5. The molecule has 1 aliphatic rings. The van der Waals surface area contributed by atoms with Crippen LogP contribution in [0.15, 0.2) is 18.3 Å². The van der Waals surface area contributed by atoms with Gasteiger partial charge in [-0.1, -0.05) is 12.8 Å². The second-order valence-electron chi connectivity index (χ2n) is 4.93. The van der Waals surface area contributed by atoms with Gasteiger partial charge in [0, 0.05) is 12.2 Å². The van der Waals surface area contributed by atoms with Crippen molar-refractivity contribution in [1.82, 2.24) is 19.9 Å². The van der Waals surface area contributed by atoms with Gasteiger partial charge in [0.05, 0.1) is 12.1 Å². The fourth-order valence-electron chi connectivity index (χ4n) is 2.55. The van der Waals surface area contributed by atoms with E-state index in [9.17, 15) is 4.79 Å². The van der Waals surface area contributed by atoms with Gasteiger partial charge in [0.25, 0.3) is 0 Å². The minimum absolute atomic E-state index is 0.245. The first-order chi connectivity index (χ1) is 9.24. The van der Waals surface area contributed by atoms with Crippen molar-refractivity contribution in [1.29, 1.82) is 0 Å². The number of carboxylic acid groups (broad SMARTS) is 1. The number of carboxylic acids is 1. The Hall–Kier alpha value is -1.95. The first-order valence-corrected chi connectivity index (χ1v) is 6.54. The van der Waals surface area contributed by atoms with Crippen LogP contribution in [0.2, 0.25) is 0 Å². The highest BCUT2D eigenvalue weighted by Crippen LogP contribution is 2.18. The number of pyridine rings is 1. The van der Waals surface area contributed by atoms with E-state index in [4.69, 9.17) is 5.11 Å². The van der Waals surface area contributed by atoms with E-state index in [1.54, 1.807) is 22.7 Å². The van der Waals surface area contributed by atoms with Crippen LogP contribution in [0.25, 0.3) is 5.65 Å². The molecule has 0 radical (unpaired) electrons. The normalized spacial score (nSPS) is 16.2. The van der Waals surface area contributed by atoms with Crippen LogP contribution in [-0.2, 0) is 6.54 Å². The van der Waals surface area contributed by atoms with Crippen molar-refractivity contribution in [2.24, 2.45) is 0 Å². The van der Waals surface area contributed by atoms with Crippen molar-refractivity contribution >= 4 is 11.6 Å². The average molecular weight is 260 g/mol. The van der Waals surface area contributed by atoms with E-state index in [0.717, 1.165) is 5.82 Å². The molecule has 0 saturated heterocycles. The lowest BCUT2D eigenvalue weighted by Crippen LogP contribution is -2.26. The molecule has 19 heavy (non-hydrogen) atoms. The first kappa shape index (κ1) is 12.1. The average Bonchev–Trinajstić information content (AvgIpc) is 3.05. The lowest BCUT2D eigenvalue weighted by molar-refractivity contribution is 0.0696. The number of aromatic carboxylic acids is 1. The van der Waals surface area contributed by atoms with Crippen LogP contribution in [0, 0.1) is 0 Å². The molecular weight excluding hydrogens is 244 g/mol. The molecule has 0 unspecified atom stereocenters. The second-order valence-corrected chi connectivity index (χ2v) is 4.93. The van der Waals surface area contributed by atoms with Crippen molar-refractivity contribution in [3.05, 3.63) is 29.7 Å². The Labute approximate surface area is 110 Å². The molecule has 2 aromatic heterocycles. The van der Waals surface area contributed by atoms with Gasteiger partial charge >= 0.3 is 5.97 Å². The zero-order valence-electron chi connectivity index (χ0n) is 10.5. The smallest absolute Gasteiger partial charge is 0.337 e. The lowest BCUT2D eigenvalue weighted by Gasteiger charge is -2.10. The SMILES string of the molecule is O=C(O)c1ccc2nnc(CNC3CCCC3)n2c1. The van der Waals surface area contributed by atoms with Gasteiger partial charge < -0.3 is 10.4 Å². The minimum atomic E-state index is -0.940. The monoisotopic (exact) mass is 260 g/mol. The molecule has 1 saturated carbocycles.